The third-order valence-corrected chi connectivity index (χ3v) is 6.29. The Balaban J connectivity index is 1.73. The molecule has 3 aromatic carbocycles. The maximum atomic E-state index is 12.6. The molecule has 0 aliphatic rings. The van der Waals surface area contributed by atoms with Crippen LogP contribution in [0, 0.1) is 14.9 Å². The number of rotatable bonds is 8. The van der Waals surface area contributed by atoms with Crippen LogP contribution in [0.25, 0.3) is 6.08 Å². The molecule has 34 heavy (non-hydrogen) atoms. The molecule has 0 radical (unpaired) electrons. The molecule has 0 bridgehead atoms. The summed E-state index contributed by atoms with van der Waals surface area (Å²) in [5, 5.41) is 21.3. The highest BCUT2D eigenvalue weighted by molar-refractivity contribution is 14.1. The van der Waals surface area contributed by atoms with E-state index < -0.39 is 11.9 Å². The van der Waals surface area contributed by atoms with Gasteiger partial charge in [-0.1, -0.05) is 31.2 Å². The molecule has 0 unspecified atom stereocenters. The molecule has 0 saturated heterocycles. The van der Waals surface area contributed by atoms with Crippen LogP contribution in [0.3, 0.4) is 0 Å². The van der Waals surface area contributed by atoms with Crippen molar-refractivity contribution in [1.82, 2.24) is 0 Å². The molecule has 0 aromatic heterocycles. The molecule has 8 heteroatoms. The van der Waals surface area contributed by atoms with Crippen LogP contribution in [0.15, 0.2) is 70.7 Å². The van der Waals surface area contributed by atoms with E-state index in [0.29, 0.717) is 21.5 Å². The number of carboxylic acids is 1. The number of benzene rings is 3. The minimum atomic E-state index is -0.978. The number of carbonyl (C=O) groups excluding carboxylic acids is 1. The molecule has 3 aromatic rings. The Morgan fingerprint density at radius 3 is 2.32 bits per heavy atom. The predicted octanol–water partition coefficient (Wildman–Crippen LogP) is 6.44. The highest BCUT2D eigenvalue weighted by atomic mass is 127. The van der Waals surface area contributed by atoms with Gasteiger partial charge in [-0.15, -0.1) is 0 Å². The largest absolute Gasteiger partial charge is 0.487 e. The van der Waals surface area contributed by atoms with E-state index in [0.717, 1.165) is 21.1 Å². The number of anilines is 1. The van der Waals surface area contributed by atoms with Gasteiger partial charge in [0.05, 0.1) is 13.6 Å². The van der Waals surface area contributed by atoms with Crippen LogP contribution >= 0.6 is 38.5 Å². The number of hydrogen-bond donors (Lipinski definition) is 2. The van der Waals surface area contributed by atoms with Gasteiger partial charge in [0.25, 0.3) is 5.91 Å². The van der Waals surface area contributed by atoms with E-state index in [-0.39, 0.29) is 17.7 Å². The predicted molar refractivity (Wildman–Crippen MR) is 143 cm³/mol. The molecule has 0 heterocycles. The fourth-order valence-electron chi connectivity index (χ4n) is 3.04. The molecule has 2 N–H and O–H groups in total. The zero-order chi connectivity index (χ0) is 24.7. The number of aromatic carboxylic acids is 1. The van der Waals surface area contributed by atoms with E-state index in [9.17, 15) is 14.9 Å². The van der Waals surface area contributed by atoms with Crippen LogP contribution in [0.2, 0.25) is 0 Å². The summed E-state index contributed by atoms with van der Waals surface area (Å²) in [6, 6.07) is 19.5. The van der Waals surface area contributed by atoms with Gasteiger partial charge in [-0.05, 0) is 104 Å². The molecule has 0 aliphatic heterocycles. The van der Waals surface area contributed by atoms with Gasteiger partial charge in [-0.3, -0.25) is 4.79 Å². The first kappa shape index (κ1) is 25.5. The Morgan fingerprint density at radius 2 is 1.76 bits per heavy atom. The summed E-state index contributed by atoms with van der Waals surface area (Å²) in [6.45, 7) is 2.31. The van der Waals surface area contributed by atoms with Crippen LogP contribution in [0.1, 0.15) is 34.0 Å². The highest BCUT2D eigenvalue weighted by Crippen LogP contribution is 2.33. The lowest BCUT2D eigenvalue weighted by Crippen LogP contribution is -2.13. The van der Waals surface area contributed by atoms with Gasteiger partial charge in [0.2, 0.25) is 0 Å². The van der Waals surface area contributed by atoms with Crippen LogP contribution in [-0.4, -0.2) is 17.0 Å². The number of nitriles is 1. The summed E-state index contributed by atoms with van der Waals surface area (Å²) in [6.07, 6.45) is 2.43. The highest BCUT2D eigenvalue weighted by Gasteiger charge is 2.13. The third kappa shape index (κ3) is 6.68. The van der Waals surface area contributed by atoms with Crippen molar-refractivity contribution < 1.29 is 19.4 Å². The average Bonchev–Trinajstić information content (AvgIpc) is 2.82. The fourth-order valence-corrected chi connectivity index (χ4v) is 4.81. The summed E-state index contributed by atoms with van der Waals surface area (Å²) in [5.41, 5.74) is 3.47. The van der Waals surface area contributed by atoms with Crippen LogP contribution in [-0.2, 0) is 17.8 Å². The second-order valence-corrected chi connectivity index (χ2v) is 9.30. The number of nitrogens with one attached hydrogen (secondary N) is 1. The first-order valence-electron chi connectivity index (χ1n) is 10.3. The van der Waals surface area contributed by atoms with Gasteiger partial charge in [-0.2, -0.15) is 5.26 Å². The monoisotopic (exact) mass is 630 g/mol. The van der Waals surface area contributed by atoms with Crippen molar-refractivity contribution in [3.8, 4) is 11.8 Å². The topological polar surface area (TPSA) is 99.4 Å². The first-order valence-corrected chi connectivity index (χ1v) is 12.1. The summed E-state index contributed by atoms with van der Waals surface area (Å²) in [7, 11) is 0. The zero-order valence-corrected chi connectivity index (χ0v) is 21.9. The zero-order valence-electron chi connectivity index (χ0n) is 18.1. The number of ether oxygens (including phenoxy) is 1. The second kappa shape index (κ2) is 11.8. The maximum Gasteiger partial charge on any atom is 0.335 e. The second-order valence-electron chi connectivity index (χ2n) is 7.28. The lowest BCUT2D eigenvalue weighted by atomic mass is 10.1. The van der Waals surface area contributed by atoms with Gasteiger partial charge in [0.15, 0.2) is 0 Å². The lowest BCUT2D eigenvalue weighted by Gasteiger charge is -2.12. The molecule has 0 fully saturated rings. The van der Waals surface area contributed by atoms with Crippen molar-refractivity contribution >= 4 is 62.2 Å². The molecular formula is C26H20BrIN2O4. The van der Waals surface area contributed by atoms with Crippen molar-refractivity contribution in [2.24, 2.45) is 0 Å². The molecule has 0 aliphatic carbocycles. The van der Waals surface area contributed by atoms with E-state index in [1.54, 1.807) is 18.2 Å². The normalized spacial score (nSPS) is 10.9. The van der Waals surface area contributed by atoms with Crippen molar-refractivity contribution in [3.05, 3.63) is 96.5 Å². The van der Waals surface area contributed by atoms with Crippen molar-refractivity contribution in [1.29, 1.82) is 5.26 Å². The molecule has 0 saturated carbocycles. The van der Waals surface area contributed by atoms with E-state index in [1.165, 1.54) is 18.2 Å². The third-order valence-electron chi connectivity index (χ3n) is 4.90. The Morgan fingerprint density at radius 1 is 1.12 bits per heavy atom. The first-order chi connectivity index (χ1) is 16.3. The molecule has 3 rings (SSSR count). The van der Waals surface area contributed by atoms with Crippen LogP contribution in [0.4, 0.5) is 5.69 Å². The fraction of sp³-hybridized carbons (Fsp3) is 0.115. The standard InChI is InChI=1S/C26H20BrIN2O4/c1-2-16-5-9-21(10-6-16)30-25(31)20(14-29)11-18-12-22(27)24(23(28)13-18)34-15-17-3-7-19(8-4-17)26(32)33/h3-13H,2,15H2,1H3,(H,30,31)(H,32,33)/b20-11+. The molecule has 1 amide bonds. The average molecular weight is 631 g/mol. The summed E-state index contributed by atoms with van der Waals surface area (Å²) in [4.78, 5) is 23.6. The SMILES string of the molecule is CCc1ccc(NC(=O)/C(C#N)=C/c2cc(Br)c(OCc3ccc(C(=O)O)cc3)c(I)c2)cc1. The van der Waals surface area contributed by atoms with Crippen LogP contribution in [0.5, 0.6) is 5.75 Å². The number of carbonyl (C=O) groups is 2. The summed E-state index contributed by atoms with van der Waals surface area (Å²) >= 11 is 5.62. The van der Waals surface area contributed by atoms with E-state index in [4.69, 9.17) is 9.84 Å². The number of nitrogens with zero attached hydrogens (tertiary/aromatic N) is 1. The minimum absolute atomic E-state index is 0.0190. The Hall–Kier alpha value is -3.16. The molecule has 0 spiro atoms. The maximum absolute atomic E-state index is 12.6. The van der Waals surface area contributed by atoms with E-state index in [2.05, 4.69) is 50.8 Å². The van der Waals surface area contributed by atoms with Crippen molar-refractivity contribution in [2.75, 3.05) is 5.32 Å². The summed E-state index contributed by atoms with van der Waals surface area (Å²) < 4.78 is 7.37. The van der Waals surface area contributed by atoms with Gasteiger partial charge in [0.1, 0.15) is 24.0 Å². The van der Waals surface area contributed by atoms with Gasteiger partial charge >= 0.3 is 5.97 Å². The Kier molecular flexibility index (Phi) is 8.85. The van der Waals surface area contributed by atoms with Crippen molar-refractivity contribution in [3.63, 3.8) is 0 Å². The van der Waals surface area contributed by atoms with E-state index in [1.807, 2.05) is 36.4 Å². The quantitative estimate of drug-likeness (QED) is 0.170. The molecule has 6 nitrogen and oxygen atoms in total. The van der Waals surface area contributed by atoms with Gasteiger partial charge in [0, 0.05) is 5.69 Å². The Bertz CT molecular complexity index is 1260. The molecule has 0 atom stereocenters. The Labute approximate surface area is 219 Å². The molecular weight excluding hydrogens is 611 g/mol. The van der Waals surface area contributed by atoms with Crippen LogP contribution < -0.4 is 10.1 Å². The lowest BCUT2D eigenvalue weighted by molar-refractivity contribution is -0.112. The van der Waals surface area contributed by atoms with Crippen molar-refractivity contribution in [2.45, 2.75) is 20.0 Å². The molecule has 172 valence electrons. The number of amides is 1. The van der Waals surface area contributed by atoms with Gasteiger partial charge < -0.3 is 15.2 Å². The number of carboxylic acid groups (broad SMARTS) is 1. The summed E-state index contributed by atoms with van der Waals surface area (Å²) in [5.74, 6) is -0.852. The smallest absolute Gasteiger partial charge is 0.335 e. The number of hydrogen-bond acceptors (Lipinski definition) is 4. The van der Waals surface area contributed by atoms with E-state index >= 15 is 0 Å². The number of aryl methyl sites for hydroxylation is 1. The minimum Gasteiger partial charge on any atom is -0.487 e. The van der Waals surface area contributed by atoms with Gasteiger partial charge in [-0.25, -0.2) is 4.79 Å². The number of halogens is 2.